The van der Waals surface area contributed by atoms with Crippen LogP contribution in [0.1, 0.15) is 32.6 Å². The molecule has 0 N–H and O–H groups in total. The third kappa shape index (κ3) is 4.66. The average Bonchev–Trinajstić information content (AvgIpc) is 2.65. The molecule has 0 aromatic heterocycles. The molecule has 0 spiro atoms. The molecule has 0 aliphatic carbocycles. The summed E-state index contributed by atoms with van der Waals surface area (Å²) in [4.78, 5) is 0. The fourth-order valence-electron chi connectivity index (χ4n) is 2.28. The van der Waals surface area contributed by atoms with Crippen molar-refractivity contribution in [1.29, 1.82) is 0 Å². The van der Waals surface area contributed by atoms with Gasteiger partial charge >= 0.3 is 47.4 Å². The summed E-state index contributed by atoms with van der Waals surface area (Å²) in [6.07, 6.45) is -5.36. The van der Waals surface area contributed by atoms with Crippen molar-refractivity contribution in [2.45, 2.75) is 80.0 Å². The fraction of sp³-hybridized carbons (Fsp3) is 0.765. The zero-order chi connectivity index (χ0) is 26.9. The zero-order valence-electron chi connectivity index (χ0n) is 16.3. The molecule has 0 nitrogen and oxygen atoms in total. The van der Waals surface area contributed by atoms with Gasteiger partial charge in [0.05, 0.1) is 0 Å². The van der Waals surface area contributed by atoms with Crippen molar-refractivity contribution >= 4 is 0 Å². The summed E-state index contributed by atoms with van der Waals surface area (Å²) in [5, 5.41) is 0. The molecule has 0 aromatic rings. The average molecular weight is 524 g/mol. The summed E-state index contributed by atoms with van der Waals surface area (Å²) < 4.78 is 217. The normalized spacial score (nSPS) is 15.9. The highest BCUT2D eigenvalue weighted by Gasteiger charge is 2.94. The SMILES string of the molecule is C=CCCC(F)(F)C(F)(F)C(F)(F)C(F)(F)C(F)(F)C(F)(F)C(F)(F)C(F)(F)CC/C=C/C. The van der Waals surface area contributed by atoms with Crippen molar-refractivity contribution in [3.63, 3.8) is 0 Å². The van der Waals surface area contributed by atoms with Crippen molar-refractivity contribution in [3.8, 4) is 0 Å². The van der Waals surface area contributed by atoms with E-state index < -0.39 is 73.1 Å². The van der Waals surface area contributed by atoms with Crippen LogP contribution >= 0.6 is 0 Å². The van der Waals surface area contributed by atoms with E-state index in [2.05, 4.69) is 6.58 Å². The highest BCUT2D eigenvalue weighted by molar-refractivity contribution is 5.16. The molecule has 196 valence electrons. The first kappa shape index (κ1) is 31.4. The molecule has 0 saturated heterocycles. The van der Waals surface area contributed by atoms with Gasteiger partial charge in [0.2, 0.25) is 0 Å². The summed E-state index contributed by atoms with van der Waals surface area (Å²) >= 11 is 0. The molecule has 0 bridgehead atoms. The molecule has 0 aromatic carbocycles. The Hall–Kier alpha value is -1.64. The third-order valence-electron chi connectivity index (χ3n) is 4.41. The van der Waals surface area contributed by atoms with Crippen LogP contribution in [0.25, 0.3) is 0 Å². The van der Waals surface area contributed by atoms with Gasteiger partial charge in [0.15, 0.2) is 0 Å². The Bertz CT molecular complexity index is 704. The van der Waals surface area contributed by atoms with Crippen molar-refractivity contribution in [1.82, 2.24) is 0 Å². The van der Waals surface area contributed by atoms with E-state index in [1.165, 1.54) is 0 Å². The van der Waals surface area contributed by atoms with Gasteiger partial charge in [-0.15, -0.1) is 6.58 Å². The molecule has 0 amide bonds. The standard InChI is InChI=1S/C17H16F16/c1-3-5-7-9-11(20,21)13(24,25)15(28,29)17(32,33)16(30,31)14(26,27)12(22,23)10(18,19)8-6-4-2/h3-5H,2,6-9H2,1H3/b5-3+. The summed E-state index contributed by atoms with van der Waals surface area (Å²) in [6, 6.07) is 0. The fourth-order valence-corrected chi connectivity index (χ4v) is 2.28. The Morgan fingerprint density at radius 1 is 0.485 bits per heavy atom. The minimum Gasteiger partial charge on any atom is -0.200 e. The second-order valence-corrected chi connectivity index (χ2v) is 6.79. The lowest BCUT2D eigenvalue weighted by Crippen LogP contribution is -2.74. The van der Waals surface area contributed by atoms with Crippen molar-refractivity contribution < 1.29 is 70.2 Å². The van der Waals surface area contributed by atoms with Crippen LogP contribution < -0.4 is 0 Å². The van der Waals surface area contributed by atoms with Crippen LogP contribution in [0.4, 0.5) is 70.2 Å². The molecule has 0 aliphatic heterocycles. The first-order chi connectivity index (χ1) is 14.4. The van der Waals surface area contributed by atoms with Gasteiger partial charge in [0.1, 0.15) is 0 Å². The topological polar surface area (TPSA) is 0 Å². The molecule has 0 fully saturated rings. The summed E-state index contributed by atoms with van der Waals surface area (Å²) in [7, 11) is 0. The van der Waals surface area contributed by atoms with Gasteiger partial charge in [0.25, 0.3) is 0 Å². The van der Waals surface area contributed by atoms with Crippen LogP contribution in [-0.2, 0) is 0 Å². The van der Waals surface area contributed by atoms with Crippen molar-refractivity contribution in [2.75, 3.05) is 0 Å². The lowest BCUT2D eigenvalue weighted by atomic mass is 9.86. The van der Waals surface area contributed by atoms with E-state index in [-0.39, 0.29) is 0 Å². The van der Waals surface area contributed by atoms with E-state index in [1.807, 2.05) is 0 Å². The molecule has 16 heteroatoms. The zero-order valence-corrected chi connectivity index (χ0v) is 16.3. The van der Waals surface area contributed by atoms with Gasteiger partial charge in [-0.05, 0) is 19.8 Å². The lowest BCUT2D eigenvalue weighted by Gasteiger charge is -2.43. The summed E-state index contributed by atoms with van der Waals surface area (Å²) in [5.74, 6) is -60.5. The van der Waals surface area contributed by atoms with Crippen LogP contribution in [-0.4, -0.2) is 47.4 Å². The molecule has 0 aliphatic rings. The van der Waals surface area contributed by atoms with Crippen LogP contribution in [0.3, 0.4) is 0 Å². The van der Waals surface area contributed by atoms with E-state index in [0.29, 0.717) is 12.2 Å². The van der Waals surface area contributed by atoms with Crippen LogP contribution in [0.15, 0.2) is 24.8 Å². The van der Waals surface area contributed by atoms with Gasteiger partial charge < -0.3 is 0 Å². The molecule has 0 radical (unpaired) electrons. The summed E-state index contributed by atoms with van der Waals surface area (Å²) in [5.41, 5.74) is 0. The van der Waals surface area contributed by atoms with E-state index in [9.17, 15) is 70.2 Å². The lowest BCUT2D eigenvalue weighted by molar-refractivity contribution is -0.453. The smallest absolute Gasteiger partial charge is 0.200 e. The summed E-state index contributed by atoms with van der Waals surface area (Å²) in [6.45, 7) is 3.83. The van der Waals surface area contributed by atoms with E-state index in [1.54, 1.807) is 0 Å². The Morgan fingerprint density at radius 3 is 1.03 bits per heavy atom. The van der Waals surface area contributed by atoms with Crippen LogP contribution in [0.2, 0.25) is 0 Å². The van der Waals surface area contributed by atoms with E-state index >= 15 is 0 Å². The number of hydrogen-bond acceptors (Lipinski definition) is 0. The first-order valence-electron chi connectivity index (χ1n) is 8.62. The molecular weight excluding hydrogens is 508 g/mol. The molecule has 0 rings (SSSR count). The van der Waals surface area contributed by atoms with Gasteiger partial charge in [0, 0.05) is 12.8 Å². The number of hydrogen-bond donors (Lipinski definition) is 0. The molecule has 33 heavy (non-hydrogen) atoms. The second-order valence-electron chi connectivity index (χ2n) is 6.79. The highest BCUT2D eigenvalue weighted by Crippen LogP contribution is 2.64. The van der Waals surface area contributed by atoms with E-state index in [4.69, 9.17) is 0 Å². The Balaban J connectivity index is 6.60. The first-order valence-corrected chi connectivity index (χ1v) is 8.62. The molecule has 0 heterocycles. The van der Waals surface area contributed by atoms with Gasteiger partial charge in [-0.1, -0.05) is 18.2 Å². The Morgan fingerprint density at radius 2 is 0.758 bits per heavy atom. The largest absolute Gasteiger partial charge is 0.384 e. The van der Waals surface area contributed by atoms with Gasteiger partial charge in [-0.25, -0.2) is 0 Å². The van der Waals surface area contributed by atoms with Gasteiger partial charge in [-0.3, -0.25) is 0 Å². The van der Waals surface area contributed by atoms with Gasteiger partial charge in [-0.2, -0.15) is 70.2 Å². The maximum atomic E-state index is 13.7. The van der Waals surface area contributed by atoms with Crippen molar-refractivity contribution in [2.24, 2.45) is 0 Å². The van der Waals surface area contributed by atoms with Crippen molar-refractivity contribution in [3.05, 3.63) is 24.8 Å². The Kier molecular flexibility index (Phi) is 8.73. The molecular formula is C17H16F16. The predicted octanol–water partition coefficient (Wildman–Crippen LogP) is 8.39. The quantitative estimate of drug-likeness (QED) is 0.168. The molecule has 0 saturated carbocycles. The second kappa shape index (κ2) is 9.19. The number of alkyl halides is 16. The van der Waals surface area contributed by atoms with Crippen LogP contribution in [0, 0.1) is 0 Å². The minimum absolute atomic E-state index is 0.388. The highest BCUT2D eigenvalue weighted by atomic mass is 19.4. The number of rotatable bonds is 13. The maximum Gasteiger partial charge on any atom is 0.384 e. The van der Waals surface area contributed by atoms with E-state index in [0.717, 1.165) is 13.0 Å². The number of allylic oxidation sites excluding steroid dienone is 3. The third-order valence-corrected chi connectivity index (χ3v) is 4.41. The Labute approximate surface area is 176 Å². The molecule has 0 atom stereocenters. The molecule has 0 unspecified atom stereocenters. The maximum absolute atomic E-state index is 13.7. The predicted molar refractivity (Wildman–Crippen MR) is 83.1 cm³/mol. The van der Waals surface area contributed by atoms with Crippen LogP contribution in [0.5, 0.6) is 0 Å². The monoisotopic (exact) mass is 524 g/mol. The number of halogens is 16. The minimum atomic E-state index is -8.37.